The SMILES string of the molecule is CC(C)NC(=O)c1ccc(NC[C@H]2CC[C@H](NS(=O)(=O)C(C)C)CC2)cc1. The third-order valence-electron chi connectivity index (χ3n) is 4.96. The fourth-order valence-corrected chi connectivity index (χ4v) is 4.17. The average molecular weight is 396 g/mol. The van der Waals surface area contributed by atoms with Crippen molar-refractivity contribution in [1.82, 2.24) is 10.0 Å². The van der Waals surface area contributed by atoms with Gasteiger partial charge >= 0.3 is 0 Å². The molecule has 0 spiro atoms. The van der Waals surface area contributed by atoms with Crippen molar-refractivity contribution < 1.29 is 13.2 Å². The lowest BCUT2D eigenvalue weighted by atomic mass is 9.86. The first kappa shape index (κ1) is 21.7. The van der Waals surface area contributed by atoms with Gasteiger partial charge in [0.05, 0.1) is 5.25 Å². The fourth-order valence-electron chi connectivity index (χ4n) is 3.20. The second-order valence-electron chi connectivity index (χ2n) is 8.02. The predicted octanol–water partition coefficient (Wildman–Crippen LogP) is 3.12. The number of benzene rings is 1. The Morgan fingerprint density at radius 1 is 1.04 bits per heavy atom. The highest BCUT2D eigenvalue weighted by Gasteiger charge is 2.26. The third-order valence-corrected chi connectivity index (χ3v) is 6.86. The van der Waals surface area contributed by atoms with Crippen molar-refractivity contribution in [3.05, 3.63) is 29.8 Å². The van der Waals surface area contributed by atoms with Gasteiger partial charge in [0, 0.05) is 29.9 Å². The van der Waals surface area contributed by atoms with Crippen LogP contribution in [0.2, 0.25) is 0 Å². The summed E-state index contributed by atoms with van der Waals surface area (Å²) in [6.45, 7) is 8.15. The first-order valence-electron chi connectivity index (χ1n) is 9.83. The molecule has 0 bridgehead atoms. The summed E-state index contributed by atoms with van der Waals surface area (Å²) in [5.74, 6) is 0.479. The molecule has 1 aliphatic rings. The maximum absolute atomic E-state index is 12.0. The van der Waals surface area contributed by atoms with E-state index in [1.165, 1.54) is 0 Å². The number of anilines is 1. The molecule has 0 saturated heterocycles. The minimum absolute atomic E-state index is 0.0567. The topological polar surface area (TPSA) is 87.3 Å². The van der Waals surface area contributed by atoms with Crippen molar-refractivity contribution in [3.63, 3.8) is 0 Å². The van der Waals surface area contributed by atoms with E-state index < -0.39 is 10.0 Å². The molecule has 6 nitrogen and oxygen atoms in total. The van der Waals surface area contributed by atoms with Crippen molar-refractivity contribution in [2.24, 2.45) is 5.92 Å². The van der Waals surface area contributed by atoms with Crippen LogP contribution in [0, 0.1) is 5.92 Å². The number of hydrogen-bond donors (Lipinski definition) is 3. The summed E-state index contributed by atoms with van der Waals surface area (Å²) in [6.07, 6.45) is 3.78. The zero-order valence-electron chi connectivity index (χ0n) is 16.8. The maximum Gasteiger partial charge on any atom is 0.251 e. The zero-order valence-corrected chi connectivity index (χ0v) is 17.6. The Balaban J connectivity index is 1.76. The molecule has 0 heterocycles. The van der Waals surface area contributed by atoms with Crippen molar-refractivity contribution in [3.8, 4) is 0 Å². The summed E-state index contributed by atoms with van der Waals surface area (Å²) in [5, 5.41) is 5.93. The number of amides is 1. The van der Waals surface area contributed by atoms with Gasteiger partial charge in [0.1, 0.15) is 0 Å². The van der Waals surface area contributed by atoms with Gasteiger partial charge in [0.2, 0.25) is 10.0 Å². The first-order valence-corrected chi connectivity index (χ1v) is 11.4. The van der Waals surface area contributed by atoms with E-state index in [9.17, 15) is 13.2 Å². The van der Waals surface area contributed by atoms with E-state index in [1.54, 1.807) is 13.8 Å². The van der Waals surface area contributed by atoms with Gasteiger partial charge in [-0.25, -0.2) is 13.1 Å². The van der Waals surface area contributed by atoms with Gasteiger partial charge in [0.15, 0.2) is 0 Å². The largest absolute Gasteiger partial charge is 0.385 e. The Hall–Kier alpha value is -1.60. The summed E-state index contributed by atoms with van der Waals surface area (Å²) in [6, 6.07) is 7.70. The van der Waals surface area contributed by atoms with Gasteiger partial charge in [0.25, 0.3) is 5.91 Å². The number of sulfonamides is 1. The van der Waals surface area contributed by atoms with Crippen LogP contribution in [-0.4, -0.2) is 38.2 Å². The molecule has 27 heavy (non-hydrogen) atoms. The Morgan fingerprint density at radius 3 is 2.15 bits per heavy atom. The van der Waals surface area contributed by atoms with Gasteiger partial charge in [-0.1, -0.05) is 0 Å². The number of carbonyl (C=O) groups excluding carboxylic acids is 1. The molecule has 3 N–H and O–H groups in total. The van der Waals surface area contributed by atoms with Crippen LogP contribution in [-0.2, 0) is 10.0 Å². The van der Waals surface area contributed by atoms with E-state index in [0.717, 1.165) is 37.9 Å². The fraction of sp³-hybridized carbons (Fsp3) is 0.650. The molecule has 0 unspecified atom stereocenters. The van der Waals surface area contributed by atoms with Crippen LogP contribution in [0.4, 0.5) is 5.69 Å². The highest BCUT2D eigenvalue weighted by Crippen LogP contribution is 2.25. The molecule has 0 atom stereocenters. The van der Waals surface area contributed by atoms with Crippen LogP contribution in [0.1, 0.15) is 63.7 Å². The van der Waals surface area contributed by atoms with Crippen molar-refractivity contribution in [2.75, 3.05) is 11.9 Å². The Bertz CT molecular complexity index is 706. The Morgan fingerprint density at radius 2 is 1.63 bits per heavy atom. The minimum atomic E-state index is -3.19. The monoisotopic (exact) mass is 395 g/mol. The smallest absolute Gasteiger partial charge is 0.251 e. The molecule has 1 aromatic carbocycles. The van der Waals surface area contributed by atoms with Crippen LogP contribution in [0.25, 0.3) is 0 Å². The van der Waals surface area contributed by atoms with Crippen molar-refractivity contribution in [1.29, 1.82) is 0 Å². The molecule has 0 radical (unpaired) electrons. The average Bonchev–Trinajstić information content (AvgIpc) is 2.60. The zero-order chi connectivity index (χ0) is 20.0. The molecular formula is C20H33N3O3S. The van der Waals surface area contributed by atoms with E-state index in [0.29, 0.717) is 11.5 Å². The van der Waals surface area contributed by atoms with Gasteiger partial charge < -0.3 is 10.6 Å². The van der Waals surface area contributed by atoms with Crippen LogP contribution in [0.15, 0.2) is 24.3 Å². The van der Waals surface area contributed by atoms with Crippen molar-refractivity contribution >= 4 is 21.6 Å². The molecule has 1 aromatic rings. The molecule has 2 rings (SSSR count). The van der Waals surface area contributed by atoms with E-state index in [2.05, 4.69) is 15.4 Å². The van der Waals surface area contributed by atoms with Gasteiger partial charge in [-0.2, -0.15) is 0 Å². The Kier molecular flexibility index (Phi) is 7.68. The quantitative estimate of drug-likeness (QED) is 0.631. The van der Waals surface area contributed by atoms with Gasteiger partial charge in [-0.3, -0.25) is 4.79 Å². The van der Waals surface area contributed by atoms with E-state index in [1.807, 2.05) is 38.1 Å². The van der Waals surface area contributed by atoms with Crippen LogP contribution >= 0.6 is 0 Å². The lowest BCUT2D eigenvalue weighted by Gasteiger charge is -2.29. The summed E-state index contributed by atoms with van der Waals surface area (Å²) in [7, 11) is -3.19. The summed E-state index contributed by atoms with van der Waals surface area (Å²) < 4.78 is 26.8. The molecule has 1 saturated carbocycles. The minimum Gasteiger partial charge on any atom is -0.385 e. The third kappa shape index (κ3) is 6.81. The molecule has 1 aliphatic carbocycles. The van der Waals surface area contributed by atoms with E-state index in [4.69, 9.17) is 0 Å². The highest BCUT2D eigenvalue weighted by atomic mass is 32.2. The Labute approximate surface area is 163 Å². The molecule has 0 aromatic heterocycles. The summed E-state index contributed by atoms with van der Waals surface area (Å²) in [5.41, 5.74) is 1.66. The predicted molar refractivity (Wildman–Crippen MR) is 110 cm³/mol. The number of rotatable bonds is 8. The second-order valence-corrected chi connectivity index (χ2v) is 10.3. The summed E-state index contributed by atoms with van der Waals surface area (Å²) >= 11 is 0. The molecule has 152 valence electrons. The normalized spacial score (nSPS) is 20.7. The van der Waals surface area contributed by atoms with Crippen molar-refractivity contribution in [2.45, 2.75) is 70.7 Å². The van der Waals surface area contributed by atoms with E-state index in [-0.39, 0.29) is 23.2 Å². The van der Waals surface area contributed by atoms with Gasteiger partial charge in [-0.05, 0) is 83.6 Å². The van der Waals surface area contributed by atoms with Gasteiger partial charge in [-0.15, -0.1) is 0 Å². The first-order chi connectivity index (χ1) is 12.7. The lowest BCUT2D eigenvalue weighted by Crippen LogP contribution is -2.41. The molecule has 0 aliphatic heterocycles. The second kappa shape index (κ2) is 9.55. The molecule has 7 heteroatoms. The molecule has 1 fully saturated rings. The maximum atomic E-state index is 12.0. The van der Waals surface area contributed by atoms with Crippen LogP contribution in [0.5, 0.6) is 0 Å². The summed E-state index contributed by atoms with van der Waals surface area (Å²) in [4.78, 5) is 12.0. The molecular weight excluding hydrogens is 362 g/mol. The van der Waals surface area contributed by atoms with E-state index >= 15 is 0 Å². The lowest BCUT2D eigenvalue weighted by molar-refractivity contribution is 0.0943. The highest BCUT2D eigenvalue weighted by molar-refractivity contribution is 7.90. The number of nitrogens with one attached hydrogen (secondary N) is 3. The standard InChI is InChI=1S/C20H33N3O3S/c1-14(2)22-20(24)17-7-11-18(12-8-17)21-13-16-5-9-19(10-6-16)23-27(25,26)15(3)4/h7-8,11-12,14-16,19,21,23H,5-6,9-10,13H2,1-4H3,(H,22,24)/t16-,19-. The number of hydrogen-bond acceptors (Lipinski definition) is 4. The van der Waals surface area contributed by atoms with Crippen LogP contribution < -0.4 is 15.4 Å². The van der Waals surface area contributed by atoms with Crippen LogP contribution in [0.3, 0.4) is 0 Å². The molecule has 1 amide bonds. The number of carbonyl (C=O) groups is 1.